The molecule has 4 aromatic rings. The maximum Gasteiger partial charge on any atom is 0.406 e. The first kappa shape index (κ1) is 43.7. The van der Waals surface area contributed by atoms with E-state index in [0.717, 1.165) is 15.9 Å². The number of hydrogen-bond acceptors (Lipinski definition) is 11. The first-order valence-corrected chi connectivity index (χ1v) is 20.5. The van der Waals surface area contributed by atoms with E-state index in [4.69, 9.17) is 15.2 Å². The number of carbonyl (C=O) groups excluding carboxylic acids is 2. The fraction of sp³-hybridized carbons (Fsp3) is 0.550. The molecule has 326 valence electrons. The Morgan fingerprint density at radius 3 is 2.45 bits per heavy atom. The Morgan fingerprint density at radius 2 is 1.77 bits per heavy atom. The van der Waals surface area contributed by atoms with Crippen molar-refractivity contribution in [2.75, 3.05) is 57.9 Å². The van der Waals surface area contributed by atoms with Crippen molar-refractivity contribution in [3.63, 3.8) is 0 Å². The second kappa shape index (κ2) is 16.8. The molecule has 20 heteroatoms. The number of anilines is 1. The highest BCUT2D eigenvalue weighted by Gasteiger charge is 2.38. The van der Waals surface area contributed by atoms with Gasteiger partial charge in [0.15, 0.2) is 0 Å². The number of benzene rings is 1. The van der Waals surface area contributed by atoms with Crippen LogP contribution in [0.5, 0.6) is 0 Å². The zero-order chi connectivity index (χ0) is 43.3. The molecule has 1 amide bonds. The minimum atomic E-state index is -4.78. The number of methoxy groups -OCH3 is 1. The largest absolute Gasteiger partial charge is 0.464 e. The number of nitrogens with zero attached hydrogens (tertiary/aromatic N) is 6. The van der Waals surface area contributed by atoms with Gasteiger partial charge >= 0.3 is 18.3 Å². The van der Waals surface area contributed by atoms with E-state index in [1.165, 1.54) is 35.3 Å². The van der Waals surface area contributed by atoms with E-state index in [0.29, 0.717) is 30.1 Å². The number of hydrazine groups is 1. The van der Waals surface area contributed by atoms with Gasteiger partial charge in [0, 0.05) is 73.6 Å². The van der Waals surface area contributed by atoms with Crippen molar-refractivity contribution in [1.82, 2.24) is 29.9 Å². The fourth-order valence-electron chi connectivity index (χ4n) is 8.20. The number of ether oxygens (including phenoxy) is 2. The number of aromatic nitrogens is 3. The Morgan fingerprint density at radius 1 is 1.05 bits per heavy atom. The maximum atomic E-state index is 17.5. The molecule has 6 bridgehead atoms. The minimum absolute atomic E-state index is 0.00732. The number of piperazine rings is 1. The molecular weight excluding hydrogens is 822 g/mol. The van der Waals surface area contributed by atoms with Gasteiger partial charge in [-0.15, -0.1) is 11.3 Å². The van der Waals surface area contributed by atoms with E-state index in [2.05, 4.69) is 15.4 Å². The second-order valence-electron chi connectivity index (χ2n) is 16.4. The summed E-state index contributed by atoms with van der Waals surface area (Å²) in [6, 6.07) is 2.52. The molecule has 7 rings (SSSR count). The monoisotopic (exact) mass is 868 g/mol. The molecule has 6 heterocycles. The van der Waals surface area contributed by atoms with Crippen LogP contribution in [0.4, 0.5) is 36.4 Å². The molecule has 2 saturated heterocycles. The van der Waals surface area contributed by atoms with Crippen LogP contribution in [0.1, 0.15) is 56.0 Å². The van der Waals surface area contributed by atoms with Crippen molar-refractivity contribution >= 4 is 39.8 Å². The lowest BCUT2D eigenvalue weighted by molar-refractivity contribution is -0.155. The van der Waals surface area contributed by atoms with Crippen molar-refractivity contribution in [3.8, 4) is 22.5 Å². The summed E-state index contributed by atoms with van der Waals surface area (Å²) < 4.78 is 114. The number of halogens is 7. The summed E-state index contributed by atoms with van der Waals surface area (Å²) in [4.78, 5) is 39.2. The van der Waals surface area contributed by atoms with E-state index in [1.54, 1.807) is 32.2 Å². The third kappa shape index (κ3) is 9.41. The molecule has 60 heavy (non-hydrogen) atoms. The summed E-state index contributed by atoms with van der Waals surface area (Å²) in [5.41, 5.74) is 9.56. The number of fused-ring (bicyclic) bond motifs is 6. The first-order chi connectivity index (χ1) is 28.2. The van der Waals surface area contributed by atoms with Gasteiger partial charge in [-0.25, -0.2) is 14.8 Å². The van der Waals surface area contributed by atoms with Crippen LogP contribution in [-0.2, 0) is 38.4 Å². The number of nitrogens with one attached hydrogen (secondary N) is 1. The van der Waals surface area contributed by atoms with Crippen molar-refractivity contribution in [3.05, 3.63) is 51.9 Å². The lowest BCUT2D eigenvalue weighted by Crippen LogP contribution is -2.59. The number of rotatable bonds is 6. The topological polar surface area (TPSA) is 131 Å². The van der Waals surface area contributed by atoms with Crippen LogP contribution in [0.3, 0.4) is 0 Å². The van der Waals surface area contributed by atoms with Crippen molar-refractivity contribution in [1.29, 1.82) is 0 Å². The van der Waals surface area contributed by atoms with Gasteiger partial charge < -0.3 is 24.7 Å². The van der Waals surface area contributed by atoms with E-state index in [-0.39, 0.29) is 90.3 Å². The van der Waals surface area contributed by atoms with Crippen LogP contribution < -0.4 is 16.1 Å². The zero-order valence-electron chi connectivity index (χ0n) is 33.6. The lowest BCUT2D eigenvalue weighted by Gasteiger charge is -2.36. The maximum absolute atomic E-state index is 17.5. The van der Waals surface area contributed by atoms with Crippen molar-refractivity contribution in [2.45, 2.75) is 83.5 Å². The SMILES string of the molecule is CO[C@@H](C)c1ncc(N2CCN(CC(F)(F)F)CC2)cc1-c1c2c3c(F)c(ccc3n1CC(F)(F)F)-c1csc(n1)C[C@H](N)C(=O)N1CCC[C@H](N1)C(=O)OCC(C)(C)C2. The number of thiazole rings is 1. The minimum Gasteiger partial charge on any atom is -0.464 e. The van der Waals surface area contributed by atoms with Crippen LogP contribution in [0.2, 0.25) is 0 Å². The van der Waals surface area contributed by atoms with Gasteiger partial charge in [0.05, 0.1) is 64.8 Å². The van der Waals surface area contributed by atoms with E-state index in [9.17, 15) is 35.9 Å². The number of alkyl halides is 6. The van der Waals surface area contributed by atoms with Crippen LogP contribution >= 0.6 is 11.3 Å². The highest BCUT2D eigenvalue weighted by atomic mass is 32.1. The average Bonchev–Trinajstić information content (AvgIpc) is 3.76. The predicted octanol–water partition coefficient (Wildman–Crippen LogP) is 6.41. The number of esters is 1. The molecule has 2 fully saturated rings. The lowest BCUT2D eigenvalue weighted by atomic mass is 9.84. The third-order valence-corrected chi connectivity index (χ3v) is 12.1. The van der Waals surface area contributed by atoms with Crippen LogP contribution in [0.15, 0.2) is 29.8 Å². The van der Waals surface area contributed by atoms with Gasteiger partial charge in [0.2, 0.25) is 0 Å². The Balaban J connectivity index is 1.43. The van der Waals surface area contributed by atoms with Gasteiger partial charge in [0.25, 0.3) is 5.91 Å². The standard InChI is InChI=1S/C40H47F7N8O4S/c1-22(58-4)34-25(14-23(17-49-34)53-12-10-52(11-13-53)19-39(42,43)44)35-26-16-38(2,3)21-59-37(57)28-6-5-9-55(51-28)36(56)27(48)15-31-50-29(18-60-31)24-7-8-30(32(26)33(24)41)54(35)20-40(45,46)47/h7-8,14,17-18,22,27-28,51H,5-6,9-13,15-16,19-21,48H2,1-4H3/t22-,27-,28-/m0/s1. The molecule has 3 aliphatic heterocycles. The molecule has 1 aromatic carbocycles. The second-order valence-corrected chi connectivity index (χ2v) is 17.4. The van der Waals surface area contributed by atoms with Crippen molar-refractivity contribution < 1.29 is 49.8 Å². The van der Waals surface area contributed by atoms with Crippen LogP contribution in [0, 0.1) is 11.2 Å². The molecule has 0 saturated carbocycles. The molecule has 0 spiro atoms. The van der Waals surface area contributed by atoms with Crippen LogP contribution in [0.25, 0.3) is 33.4 Å². The quantitative estimate of drug-likeness (QED) is 0.166. The number of pyridine rings is 1. The Kier molecular flexibility index (Phi) is 12.3. The molecule has 3 aromatic heterocycles. The smallest absolute Gasteiger partial charge is 0.406 e. The Hall–Kier alpha value is -4.37. The third-order valence-electron chi connectivity index (χ3n) is 11.2. The molecule has 0 unspecified atom stereocenters. The summed E-state index contributed by atoms with van der Waals surface area (Å²) in [6.45, 7) is 3.23. The van der Waals surface area contributed by atoms with E-state index >= 15 is 4.39 Å². The molecule has 0 radical (unpaired) electrons. The Labute approximate surface area is 345 Å². The summed E-state index contributed by atoms with van der Waals surface area (Å²) in [7, 11) is 1.42. The normalized spacial score (nSPS) is 21.6. The van der Waals surface area contributed by atoms with Gasteiger partial charge in [-0.3, -0.25) is 24.5 Å². The summed E-state index contributed by atoms with van der Waals surface area (Å²) in [5, 5.41) is 3.24. The molecular formula is C40H47F7N8O4S. The molecule has 12 nitrogen and oxygen atoms in total. The molecule has 3 aliphatic rings. The van der Waals surface area contributed by atoms with Gasteiger partial charge in [-0.2, -0.15) is 26.3 Å². The number of nitrogens with two attached hydrogens (primary N) is 1. The number of hydrogen-bond donors (Lipinski definition) is 2. The van der Waals surface area contributed by atoms with Gasteiger partial charge in [0.1, 0.15) is 18.4 Å². The number of carbonyl (C=O) groups is 2. The first-order valence-electron chi connectivity index (χ1n) is 19.6. The number of cyclic esters (lactones) is 1. The van der Waals surface area contributed by atoms with Crippen LogP contribution in [-0.4, -0.2) is 114 Å². The summed E-state index contributed by atoms with van der Waals surface area (Å²) in [6.07, 6.45) is -7.61. The van der Waals surface area contributed by atoms with E-state index < -0.39 is 66.7 Å². The molecule has 3 atom stereocenters. The highest BCUT2D eigenvalue weighted by molar-refractivity contribution is 7.10. The van der Waals surface area contributed by atoms with Gasteiger partial charge in [-0.05, 0) is 49.9 Å². The fourth-order valence-corrected chi connectivity index (χ4v) is 9.05. The zero-order valence-corrected chi connectivity index (χ0v) is 34.4. The number of amides is 1. The molecule has 3 N–H and O–H groups in total. The average molecular weight is 869 g/mol. The predicted molar refractivity (Wildman–Crippen MR) is 210 cm³/mol. The Bertz CT molecular complexity index is 2230. The highest BCUT2D eigenvalue weighted by Crippen LogP contribution is 2.45. The van der Waals surface area contributed by atoms with E-state index in [1.807, 2.05) is 4.90 Å². The summed E-state index contributed by atoms with van der Waals surface area (Å²) >= 11 is 1.16. The van der Waals surface area contributed by atoms with Crippen molar-refractivity contribution in [2.24, 2.45) is 11.1 Å². The van der Waals surface area contributed by atoms with Gasteiger partial charge in [-0.1, -0.05) is 13.8 Å². The summed E-state index contributed by atoms with van der Waals surface area (Å²) in [5.74, 6) is -1.92. The molecule has 0 aliphatic carbocycles.